The van der Waals surface area contributed by atoms with E-state index in [4.69, 9.17) is 0 Å². The Morgan fingerprint density at radius 2 is 2.05 bits per heavy atom. The molecule has 2 nitrogen and oxygen atoms in total. The van der Waals surface area contributed by atoms with Gasteiger partial charge in [0.25, 0.3) is 0 Å². The number of hydrogen-bond donors (Lipinski definition) is 0. The number of fused-ring (bicyclic) bond motifs is 1. The summed E-state index contributed by atoms with van der Waals surface area (Å²) in [6.45, 7) is 1.95. The van der Waals surface area contributed by atoms with Gasteiger partial charge in [0.1, 0.15) is 5.69 Å². The first-order valence-corrected chi connectivity index (χ1v) is 7.48. The third kappa shape index (κ3) is 2.22. The first-order chi connectivity index (χ1) is 9.16. The highest BCUT2D eigenvalue weighted by atomic mass is 79.9. The Morgan fingerprint density at radius 1 is 1.26 bits per heavy atom. The van der Waals surface area contributed by atoms with Gasteiger partial charge >= 0.3 is 0 Å². The maximum Gasteiger partial charge on any atom is 0.213 e. The van der Waals surface area contributed by atoms with Gasteiger partial charge in [-0.25, -0.2) is 4.98 Å². The molecule has 0 aliphatic rings. The zero-order valence-corrected chi connectivity index (χ0v) is 12.6. The van der Waals surface area contributed by atoms with Crippen molar-refractivity contribution in [2.45, 2.75) is 6.92 Å². The van der Waals surface area contributed by atoms with E-state index in [2.05, 4.69) is 20.9 Å². The van der Waals surface area contributed by atoms with Crippen LogP contribution in [0.15, 0.2) is 46.3 Å². The number of thiophene rings is 1. The number of rotatable bonds is 2. The lowest BCUT2D eigenvalue weighted by Gasteiger charge is -2.05. The van der Waals surface area contributed by atoms with E-state index >= 15 is 0 Å². The second kappa shape index (κ2) is 4.87. The molecule has 19 heavy (non-hydrogen) atoms. The van der Waals surface area contributed by atoms with Crippen LogP contribution in [0.2, 0.25) is 0 Å². The molecule has 0 aliphatic heterocycles. The number of halogens is 1. The first-order valence-electron chi connectivity index (χ1n) is 5.81. The van der Waals surface area contributed by atoms with Gasteiger partial charge in [-0.3, -0.25) is 4.79 Å². The van der Waals surface area contributed by atoms with Gasteiger partial charge in [0.05, 0.1) is 5.52 Å². The van der Waals surface area contributed by atoms with Crippen LogP contribution in [0.1, 0.15) is 20.9 Å². The van der Waals surface area contributed by atoms with Crippen molar-refractivity contribution in [3.8, 4) is 0 Å². The van der Waals surface area contributed by atoms with Crippen molar-refractivity contribution >= 4 is 44.0 Å². The number of para-hydroxylation sites is 1. The number of hydrogen-bond acceptors (Lipinski definition) is 3. The Balaban J connectivity index is 2.17. The van der Waals surface area contributed by atoms with Gasteiger partial charge in [-0.15, -0.1) is 11.3 Å². The summed E-state index contributed by atoms with van der Waals surface area (Å²) < 4.78 is 0.738. The molecule has 2 aromatic heterocycles. The molecule has 2 heterocycles. The molecule has 0 aliphatic carbocycles. The number of ketones is 1. The van der Waals surface area contributed by atoms with Crippen LogP contribution in [0.3, 0.4) is 0 Å². The normalized spacial score (nSPS) is 10.8. The van der Waals surface area contributed by atoms with Gasteiger partial charge in [0.15, 0.2) is 0 Å². The average molecular weight is 332 g/mol. The van der Waals surface area contributed by atoms with E-state index in [1.807, 2.05) is 48.7 Å². The van der Waals surface area contributed by atoms with Gasteiger partial charge in [-0.05, 0) is 46.4 Å². The molecule has 0 amide bonds. The summed E-state index contributed by atoms with van der Waals surface area (Å²) in [5.74, 6) is -0.0311. The number of benzene rings is 1. The van der Waals surface area contributed by atoms with E-state index in [1.165, 1.54) is 0 Å². The van der Waals surface area contributed by atoms with Crippen LogP contribution >= 0.6 is 27.3 Å². The fourth-order valence-corrected chi connectivity index (χ4v) is 3.21. The summed E-state index contributed by atoms with van der Waals surface area (Å²) in [4.78, 5) is 18.0. The van der Waals surface area contributed by atoms with Gasteiger partial charge in [0.2, 0.25) is 5.78 Å². The maximum absolute atomic E-state index is 12.5. The van der Waals surface area contributed by atoms with Crippen molar-refractivity contribution < 1.29 is 4.79 Å². The minimum Gasteiger partial charge on any atom is -0.287 e. The molecule has 0 atom stereocenters. The minimum atomic E-state index is -0.0311. The molecule has 0 unspecified atom stereocenters. The number of carbonyl (C=O) groups excluding carboxylic acids is 1. The fraction of sp³-hybridized carbons (Fsp3) is 0.0667. The Kier molecular flexibility index (Phi) is 3.21. The van der Waals surface area contributed by atoms with Gasteiger partial charge in [-0.2, -0.15) is 0 Å². The fourth-order valence-electron chi connectivity index (χ4n) is 2.00. The Hall–Kier alpha value is -1.52. The van der Waals surface area contributed by atoms with E-state index < -0.39 is 0 Å². The Bertz CT molecular complexity index is 779. The SMILES string of the molecule is Cc1sccc1C(=O)c1nc2ccccc2cc1Br. The zero-order chi connectivity index (χ0) is 13.4. The van der Waals surface area contributed by atoms with Crippen molar-refractivity contribution in [1.29, 1.82) is 0 Å². The van der Waals surface area contributed by atoms with Crippen molar-refractivity contribution in [2.24, 2.45) is 0 Å². The largest absolute Gasteiger partial charge is 0.287 e. The average Bonchev–Trinajstić information content (AvgIpc) is 2.83. The quantitative estimate of drug-likeness (QED) is 0.642. The Labute approximate surface area is 123 Å². The van der Waals surface area contributed by atoms with E-state index in [-0.39, 0.29) is 5.78 Å². The van der Waals surface area contributed by atoms with E-state index in [0.717, 1.165) is 25.8 Å². The lowest BCUT2D eigenvalue weighted by Crippen LogP contribution is -2.05. The molecular formula is C15H10BrNOS. The molecule has 0 saturated heterocycles. The standard InChI is InChI=1S/C15H10BrNOS/c1-9-11(6-7-19-9)15(18)14-12(16)8-10-4-2-3-5-13(10)17-14/h2-8H,1H3. The third-order valence-corrected chi connectivity index (χ3v) is 4.45. The maximum atomic E-state index is 12.5. The highest BCUT2D eigenvalue weighted by Crippen LogP contribution is 2.25. The molecule has 3 rings (SSSR count). The van der Waals surface area contributed by atoms with Crippen molar-refractivity contribution in [3.63, 3.8) is 0 Å². The number of carbonyl (C=O) groups is 1. The zero-order valence-electron chi connectivity index (χ0n) is 10.2. The second-order valence-electron chi connectivity index (χ2n) is 4.23. The van der Waals surface area contributed by atoms with Gasteiger partial charge in [-0.1, -0.05) is 18.2 Å². The molecule has 0 saturated carbocycles. The number of pyridine rings is 1. The summed E-state index contributed by atoms with van der Waals surface area (Å²) in [5.41, 5.74) is 2.04. The van der Waals surface area contributed by atoms with Crippen LogP contribution in [-0.2, 0) is 0 Å². The molecular weight excluding hydrogens is 322 g/mol. The molecule has 1 aromatic carbocycles. The molecule has 0 fully saturated rings. The minimum absolute atomic E-state index is 0.0311. The predicted molar refractivity (Wildman–Crippen MR) is 81.9 cm³/mol. The van der Waals surface area contributed by atoms with E-state index in [9.17, 15) is 4.79 Å². The van der Waals surface area contributed by atoms with Gasteiger partial charge < -0.3 is 0 Å². The molecule has 4 heteroatoms. The second-order valence-corrected chi connectivity index (χ2v) is 6.21. The number of aryl methyl sites for hydroxylation is 1. The molecule has 0 spiro atoms. The summed E-state index contributed by atoms with van der Waals surface area (Å²) in [6, 6.07) is 11.6. The van der Waals surface area contributed by atoms with Crippen molar-refractivity contribution in [1.82, 2.24) is 4.98 Å². The smallest absolute Gasteiger partial charge is 0.213 e. The van der Waals surface area contributed by atoms with Crippen LogP contribution in [0.5, 0.6) is 0 Å². The topological polar surface area (TPSA) is 30.0 Å². The lowest BCUT2D eigenvalue weighted by molar-refractivity contribution is 0.103. The Morgan fingerprint density at radius 3 is 2.79 bits per heavy atom. The van der Waals surface area contributed by atoms with E-state index in [0.29, 0.717) is 5.69 Å². The summed E-state index contributed by atoms with van der Waals surface area (Å²) in [5, 5.41) is 2.95. The first kappa shape index (κ1) is 12.5. The highest BCUT2D eigenvalue weighted by Gasteiger charge is 2.17. The predicted octanol–water partition coefficient (Wildman–Crippen LogP) is 4.60. The molecule has 0 bridgehead atoms. The van der Waals surface area contributed by atoms with Crippen LogP contribution in [-0.4, -0.2) is 10.8 Å². The van der Waals surface area contributed by atoms with Crippen LogP contribution in [0, 0.1) is 6.92 Å². The highest BCUT2D eigenvalue weighted by molar-refractivity contribution is 9.10. The van der Waals surface area contributed by atoms with Gasteiger partial charge in [0, 0.05) is 20.3 Å². The van der Waals surface area contributed by atoms with Crippen molar-refractivity contribution in [3.05, 3.63) is 62.4 Å². The molecule has 0 radical (unpaired) electrons. The van der Waals surface area contributed by atoms with Crippen molar-refractivity contribution in [2.75, 3.05) is 0 Å². The molecule has 0 N–H and O–H groups in total. The molecule has 94 valence electrons. The van der Waals surface area contributed by atoms with Crippen LogP contribution < -0.4 is 0 Å². The summed E-state index contributed by atoms with van der Waals surface area (Å²) in [6.07, 6.45) is 0. The monoisotopic (exact) mass is 331 g/mol. The lowest BCUT2D eigenvalue weighted by atomic mass is 10.1. The van der Waals surface area contributed by atoms with E-state index in [1.54, 1.807) is 11.3 Å². The van der Waals surface area contributed by atoms with Crippen LogP contribution in [0.25, 0.3) is 10.9 Å². The number of aromatic nitrogens is 1. The summed E-state index contributed by atoms with van der Waals surface area (Å²) >= 11 is 5.02. The molecule has 3 aromatic rings. The third-order valence-electron chi connectivity index (χ3n) is 3.00. The van der Waals surface area contributed by atoms with Crippen LogP contribution in [0.4, 0.5) is 0 Å². The number of nitrogens with zero attached hydrogens (tertiary/aromatic N) is 1. The summed E-state index contributed by atoms with van der Waals surface area (Å²) in [7, 11) is 0.